The van der Waals surface area contributed by atoms with Crippen molar-refractivity contribution in [2.24, 2.45) is 4.99 Å². The molecule has 0 amide bonds. The van der Waals surface area contributed by atoms with Crippen molar-refractivity contribution in [2.45, 2.75) is 6.54 Å². The molecule has 74 valence electrons. The summed E-state index contributed by atoms with van der Waals surface area (Å²) >= 11 is 4.52. The highest BCUT2D eigenvalue weighted by Gasteiger charge is 1.95. The molecule has 0 saturated heterocycles. The van der Waals surface area contributed by atoms with Gasteiger partial charge in [-0.2, -0.15) is 10.1 Å². The van der Waals surface area contributed by atoms with Crippen molar-refractivity contribution in [1.29, 1.82) is 0 Å². The van der Waals surface area contributed by atoms with Gasteiger partial charge in [-0.3, -0.25) is 0 Å². The van der Waals surface area contributed by atoms with Crippen LogP contribution in [-0.4, -0.2) is 19.9 Å². The van der Waals surface area contributed by atoms with Gasteiger partial charge < -0.3 is 0 Å². The van der Waals surface area contributed by atoms with Gasteiger partial charge in [0.1, 0.15) is 12.7 Å². The maximum atomic E-state index is 4.52. The van der Waals surface area contributed by atoms with Crippen LogP contribution in [0.15, 0.2) is 41.9 Å². The third-order valence-electron chi connectivity index (χ3n) is 1.92. The summed E-state index contributed by atoms with van der Waals surface area (Å²) in [5.74, 6) is 0. The van der Waals surface area contributed by atoms with Crippen LogP contribution in [-0.2, 0) is 6.54 Å². The monoisotopic (exact) mass is 216 g/mol. The van der Waals surface area contributed by atoms with Crippen LogP contribution < -0.4 is 0 Å². The normalized spacial score (nSPS) is 9.60. The molecule has 0 unspecified atom stereocenters. The van der Waals surface area contributed by atoms with E-state index < -0.39 is 0 Å². The minimum Gasteiger partial charge on any atom is -0.249 e. The van der Waals surface area contributed by atoms with Gasteiger partial charge in [0.15, 0.2) is 0 Å². The van der Waals surface area contributed by atoms with Crippen molar-refractivity contribution in [3.8, 4) is 0 Å². The smallest absolute Gasteiger partial charge is 0.137 e. The molecule has 1 aromatic heterocycles. The van der Waals surface area contributed by atoms with Gasteiger partial charge >= 0.3 is 0 Å². The van der Waals surface area contributed by atoms with Gasteiger partial charge in [-0.25, -0.2) is 9.67 Å². The zero-order valence-electron chi connectivity index (χ0n) is 7.87. The van der Waals surface area contributed by atoms with Crippen LogP contribution >= 0.6 is 12.2 Å². The fourth-order valence-electron chi connectivity index (χ4n) is 1.23. The predicted octanol–water partition coefficient (Wildman–Crippen LogP) is 2.06. The van der Waals surface area contributed by atoms with Gasteiger partial charge in [-0.05, 0) is 29.9 Å². The fraction of sp³-hybridized carbons (Fsp3) is 0.100. The number of aromatic nitrogens is 3. The van der Waals surface area contributed by atoms with Crippen LogP contribution in [0.5, 0.6) is 0 Å². The Hall–Kier alpha value is -1.84. The molecule has 15 heavy (non-hydrogen) atoms. The number of benzene rings is 1. The molecule has 2 aromatic rings. The van der Waals surface area contributed by atoms with E-state index >= 15 is 0 Å². The quantitative estimate of drug-likeness (QED) is 0.582. The summed E-state index contributed by atoms with van der Waals surface area (Å²) in [6, 6.07) is 7.75. The Morgan fingerprint density at radius 2 is 2.13 bits per heavy atom. The first kappa shape index (κ1) is 9.71. The number of isothiocyanates is 1. The summed E-state index contributed by atoms with van der Waals surface area (Å²) < 4.78 is 1.76. The zero-order chi connectivity index (χ0) is 10.5. The van der Waals surface area contributed by atoms with Crippen LogP contribution in [0.3, 0.4) is 0 Å². The maximum Gasteiger partial charge on any atom is 0.137 e. The average molecular weight is 216 g/mol. The molecule has 0 fully saturated rings. The Labute approximate surface area is 92.3 Å². The van der Waals surface area contributed by atoms with Crippen LogP contribution in [0, 0.1) is 0 Å². The molecule has 1 aromatic carbocycles. The molecule has 0 aliphatic rings. The second kappa shape index (κ2) is 4.59. The van der Waals surface area contributed by atoms with Crippen molar-refractivity contribution in [3.63, 3.8) is 0 Å². The van der Waals surface area contributed by atoms with Gasteiger partial charge in [-0.1, -0.05) is 12.1 Å². The number of thiocarbonyl (C=S) groups is 1. The van der Waals surface area contributed by atoms with Crippen molar-refractivity contribution >= 4 is 23.1 Å². The highest BCUT2D eigenvalue weighted by atomic mass is 32.1. The summed E-state index contributed by atoms with van der Waals surface area (Å²) in [4.78, 5) is 7.75. The van der Waals surface area contributed by atoms with E-state index in [-0.39, 0.29) is 0 Å². The minimum atomic E-state index is 0.710. The third-order valence-corrected chi connectivity index (χ3v) is 2.01. The van der Waals surface area contributed by atoms with Crippen molar-refractivity contribution < 1.29 is 0 Å². The number of hydrogen-bond donors (Lipinski definition) is 0. The SMILES string of the molecule is S=C=Nc1ccc(Cn2cncn2)cc1. The van der Waals surface area contributed by atoms with Crippen LogP contribution in [0.1, 0.15) is 5.56 Å². The van der Waals surface area contributed by atoms with E-state index in [2.05, 4.69) is 32.5 Å². The molecule has 0 aliphatic heterocycles. The lowest BCUT2D eigenvalue weighted by atomic mass is 10.2. The second-order valence-electron chi connectivity index (χ2n) is 2.96. The molecule has 0 saturated carbocycles. The summed E-state index contributed by atoms with van der Waals surface area (Å²) in [5.41, 5.74) is 1.95. The Bertz CT molecular complexity index is 469. The van der Waals surface area contributed by atoms with Gasteiger partial charge in [0, 0.05) is 0 Å². The van der Waals surface area contributed by atoms with Gasteiger partial charge in [-0.15, -0.1) is 0 Å². The van der Waals surface area contributed by atoms with E-state index in [0.717, 1.165) is 11.3 Å². The number of nitrogens with zero attached hydrogens (tertiary/aromatic N) is 4. The fourth-order valence-corrected chi connectivity index (χ4v) is 1.34. The lowest BCUT2D eigenvalue weighted by molar-refractivity contribution is 0.685. The molecule has 0 bridgehead atoms. The Morgan fingerprint density at radius 1 is 1.33 bits per heavy atom. The standard InChI is InChI=1S/C10H8N4S/c15-8-12-10-3-1-9(2-4-10)5-14-7-11-6-13-14/h1-4,6-7H,5H2. The molecular formula is C10H8N4S. The van der Waals surface area contributed by atoms with Crippen LogP contribution in [0.25, 0.3) is 0 Å². The topological polar surface area (TPSA) is 43.1 Å². The first-order valence-electron chi connectivity index (χ1n) is 4.38. The molecule has 0 N–H and O–H groups in total. The first-order chi connectivity index (χ1) is 7.38. The lowest BCUT2D eigenvalue weighted by Gasteiger charge is -2.00. The second-order valence-corrected chi connectivity index (χ2v) is 3.15. The molecular weight excluding hydrogens is 208 g/mol. The number of aliphatic imine (C=N–C) groups is 1. The van der Waals surface area contributed by atoms with Crippen molar-refractivity contribution in [3.05, 3.63) is 42.5 Å². The van der Waals surface area contributed by atoms with Gasteiger partial charge in [0.2, 0.25) is 0 Å². The summed E-state index contributed by atoms with van der Waals surface area (Å²) in [6.45, 7) is 0.710. The number of hydrogen-bond acceptors (Lipinski definition) is 4. The summed E-state index contributed by atoms with van der Waals surface area (Å²) in [7, 11) is 0. The van der Waals surface area contributed by atoms with Gasteiger partial charge in [0.05, 0.1) is 17.4 Å². The van der Waals surface area contributed by atoms with Crippen LogP contribution in [0.4, 0.5) is 5.69 Å². The van der Waals surface area contributed by atoms with E-state index in [9.17, 15) is 0 Å². The lowest BCUT2D eigenvalue weighted by Crippen LogP contribution is -1.99. The average Bonchev–Trinajstić information content (AvgIpc) is 2.74. The molecule has 4 nitrogen and oxygen atoms in total. The molecule has 2 rings (SSSR count). The molecule has 5 heteroatoms. The Kier molecular flexibility index (Phi) is 2.97. The van der Waals surface area contributed by atoms with E-state index in [1.165, 1.54) is 6.33 Å². The highest BCUT2D eigenvalue weighted by Crippen LogP contribution is 2.12. The van der Waals surface area contributed by atoms with Crippen molar-refractivity contribution in [1.82, 2.24) is 14.8 Å². The number of rotatable bonds is 3. The third kappa shape index (κ3) is 2.56. The van der Waals surface area contributed by atoms with Crippen molar-refractivity contribution in [2.75, 3.05) is 0 Å². The zero-order valence-corrected chi connectivity index (χ0v) is 8.68. The Balaban J connectivity index is 2.14. The highest BCUT2D eigenvalue weighted by molar-refractivity contribution is 7.78. The maximum absolute atomic E-state index is 4.52. The van der Waals surface area contributed by atoms with E-state index in [1.807, 2.05) is 24.3 Å². The first-order valence-corrected chi connectivity index (χ1v) is 4.78. The molecule has 1 heterocycles. The van der Waals surface area contributed by atoms with Crippen LogP contribution in [0.2, 0.25) is 0 Å². The minimum absolute atomic E-state index is 0.710. The molecule has 0 spiro atoms. The molecule has 0 radical (unpaired) electrons. The summed E-state index contributed by atoms with van der Waals surface area (Å²) in [6.07, 6.45) is 3.20. The van der Waals surface area contributed by atoms with Gasteiger partial charge in [0.25, 0.3) is 0 Å². The summed E-state index contributed by atoms with van der Waals surface area (Å²) in [5, 5.41) is 6.35. The van der Waals surface area contributed by atoms with E-state index in [4.69, 9.17) is 0 Å². The largest absolute Gasteiger partial charge is 0.249 e. The van der Waals surface area contributed by atoms with E-state index in [1.54, 1.807) is 11.0 Å². The Morgan fingerprint density at radius 3 is 2.73 bits per heavy atom. The molecule has 0 atom stereocenters. The predicted molar refractivity (Wildman–Crippen MR) is 60.3 cm³/mol. The molecule has 0 aliphatic carbocycles. The van der Waals surface area contributed by atoms with E-state index in [0.29, 0.717) is 6.54 Å².